The van der Waals surface area contributed by atoms with E-state index in [0.717, 1.165) is 49.4 Å². The van der Waals surface area contributed by atoms with E-state index in [1.54, 1.807) is 11.3 Å². The molecule has 2 aromatic rings. The average molecular weight is 360 g/mol. The lowest BCUT2D eigenvalue weighted by Crippen LogP contribution is -2.40. The summed E-state index contributed by atoms with van der Waals surface area (Å²) in [5, 5.41) is 6.72. The molecule has 2 aromatic heterocycles. The molecule has 0 unspecified atom stereocenters. The van der Waals surface area contributed by atoms with E-state index < -0.39 is 0 Å². The Bertz CT molecular complexity index is 708. The number of piperidine rings is 1. The second-order valence-electron chi connectivity index (χ2n) is 6.60. The molecule has 0 aliphatic carbocycles. The first-order valence-corrected chi connectivity index (χ1v) is 9.69. The molecule has 6 heteroatoms. The number of hydrogen-bond acceptors (Lipinski definition) is 4. The van der Waals surface area contributed by atoms with Gasteiger partial charge in [-0.2, -0.15) is 11.3 Å². The van der Waals surface area contributed by atoms with Crippen LogP contribution in [-0.2, 0) is 11.3 Å². The van der Waals surface area contributed by atoms with Crippen LogP contribution >= 0.6 is 11.3 Å². The van der Waals surface area contributed by atoms with Crippen LogP contribution in [0.4, 0.5) is 0 Å². The first-order chi connectivity index (χ1) is 12.1. The van der Waals surface area contributed by atoms with Gasteiger partial charge in [0.15, 0.2) is 0 Å². The van der Waals surface area contributed by atoms with Crippen molar-refractivity contribution in [2.45, 2.75) is 39.2 Å². The van der Waals surface area contributed by atoms with Crippen LogP contribution < -0.4 is 5.32 Å². The summed E-state index contributed by atoms with van der Waals surface area (Å²) in [4.78, 5) is 26.4. The molecule has 1 aliphatic heterocycles. The van der Waals surface area contributed by atoms with Gasteiger partial charge in [0.05, 0.1) is 12.1 Å². The van der Waals surface area contributed by atoms with E-state index in [4.69, 9.17) is 4.42 Å². The van der Waals surface area contributed by atoms with E-state index in [1.807, 2.05) is 40.8 Å². The topological polar surface area (TPSA) is 62.6 Å². The Morgan fingerprint density at radius 2 is 2.24 bits per heavy atom. The van der Waals surface area contributed by atoms with Crippen molar-refractivity contribution >= 4 is 23.2 Å². The predicted octanol–water partition coefficient (Wildman–Crippen LogP) is 3.60. The Morgan fingerprint density at radius 1 is 1.36 bits per heavy atom. The lowest BCUT2D eigenvalue weighted by atomic mass is 9.93. The Kier molecular flexibility index (Phi) is 5.91. The summed E-state index contributed by atoms with van der Waals surface area (Å²) in [6.45, 7) is 3.88. The van der Waals surface area contributed by atoms with Crippen molar-refractivity contribution in [3.05, 3.63) is 46.0 Å². The van der Waals surface area contributed by atoms with Crippen LogP contribution in [0.3, 0.4) is 0 Å². The maximum Gasteiger partial charge on any atom is 0.254 e. The van der Waals surface area contributed by atoms with Crippen LogP contribution in [0.2, 0.25) is 0 Å². The highest BCUT2D eigenvalue weighted by Gasteiger charge is 2.25. The van der Waals surface area contributed by atoms with Crippen molar-refractivity contribution in [3.8, 4) is 0 Å². The fourth-order valence-electron chi connectivity index (χ4n) is 3.24. The number of rotatable bonds is 6. The lowest BCUT2D eigenvalue weighted by Gasteiger charge is -2.32. The monoisotopic (exact) mass is 360 g/mol. The summed E-state index contributed by atoms with van der Waals surface area (Å²) in [6.07, 6.45) is 3.40. The Morgan fingerprint density at radius 3 is 2.96 bits per heavy atom. The van der Waals surface area contributed by atoms with Gasteiger partial charge < -0.3 is 14.6 Å². The molecule has 1 aliphatic rings. The molecule has 0 aromatic carbocycles. The zero-order valence-electron chi connectivity index (χ0n) is 14.5. The summed E-state index contributed by atoms with van der Waals surface area (Å²) >= 11 is 1.54. The molecule has 3 rings (SSSR count). The quantitative estimate of drug-likeness (QED) is 0.856. The molecular weight excluding hydrogens is 336 g/mol. The van der Waals surface area contributed by atoms with Crippen molar-refractivity contribution < 1.29 is 14.0 Å². The molecule has 25 heavy (non-hydrogen) atoms. The normalized spacial score (nSPS) is 17.5. The van der Waals surface area contributed by atoms with E-state index in [1.165, 1.54) is 0 Å². The Labute approximate surface area is 152 Å². The number of aryl methyl sites for hydroxylation is 1. The third-order valence-corrected chi connectivity index (χ3v) is 5.29. The van der Waals surface area contributed by atoms with Crippen molar-refractivity contribution in [2.24, 2.45) is 5.92 Å². The smallest absolute Gasteiger partial charge is 0.254 e. The van der Waals surface area contributed by atoms with Crippen molar-refractivity contribution in [2.75, 3.05) is 13.1 Å². The molecule has 5 nitrogen and oxygen atoms in total. The molecular formula is C19H24N2O3S. The van der Waals surface area contributed by atoms with Gasteiger partial charge >= 0.3 is 0 Å². The van der Waals surface area contributed by atoms with Crippen LogP contribution in [0.15, 0.2) is 33.4 Å². The molecule has 3 heterocycles. The fourth-order valence-corrected chi connectivity index (χ4v) is 3.87. The summed E-state index contributed by atoms with van der Waals surface area (Å²) in [6, 6.07) is 5.65. The van der Waals surface area contributed by atoms with E-state index in [-0.39, 0.29) is 11.8 Å². The molecule has 2 amide bonds. The zero-order valence-corrected chi connectivity index (χ0v) is 15.3. The fraction of sp³-hybridized carbons (Fsp3) is 0.474. The zero-order chi connectivity index (χ0) is 17.6. The third kappa shape index (κ3) is 4.95. The molecule has 0 radical (unpaired) electrons. The molecule has 1 fully saturated rings. The van der Waals surface area contributed by atoms with Crippen LogP contribution in [-0.4, -0.2) is 29.8 Å². The number of hydrogen-bond donors (Lipinski definition) is 1. The number of furan rings is 1. The molecule has 1 saturated heterocycles. The highest BCUT2D eigenvalue weighted by Crippen LogP contribution is 2.23. The first kappa shape index (κ1) is 17.7. The first-order valence-electron chi connectivity index (χ1n) is 8.75. The number of thiophene rings is 1. The second kappa shape index (κ2) is 8.34. The van der Waals surface area contributed by atoms with Crippen molar-refractivity contribution in [3.63, 3.8) is 0 Å². The van der Waals surface area contributed by atoms with Crippen molar-refractivity contribution in [1.29, 1.82) is 0 Å². The summed E-state index contributed by atoms with van der Waals surface area (Å²) < 4.78 is 5.45. The number of carbonyl (C=O) groups is 2. The number of carbonyl (C=O) groups excluding carboxylic acids is 2. The molecule has 1 atom stereocenters. The number of amides is 2. The van der Waals surface area contributed by atoms with Gasteiger partial charge in [0.2, 0.25) is 5.91 Å². The Hall–Kier alpha value is -2.08. The van der Waals surface area contributed by atoms with Crippen LogP contribution in [0.25, 0.3) is 0 Å². The van der Waals surface area contributed by atoms with Gasteiger partial charge in [-0.1, -0.05) is 0 Å². The highest BCUT2D eigenvalue weighted by atomic mass is 32.1. The second-order valence-corrected chi connectivity index (χ2v) is 7.38. The van der Waals surface area contributed by atoms with Crippen LogP contribution in [0.5, 0.6) is 0 Å². The van der Waals surface area contributed by atoms with Gasteiger partial charge in [0.1, 0.15) is 11.5 Å². The molecule has 1 N–H and O–H groups in total. The number of nitrogens with zero attached hydrogens (tertiary/aromatic N) is 1. The van der Waals surface area contributed by atoms with Gasteiger partial charge in [-0.25, -0.2) is 0 Å². The largest absolute Gasteiger partial charge is 0.465 e. The lowest BCUT2D eigenvalue weighted by molar-refractivity contribution is -0.121. The number of likely N-dealkylation sites (tertiary alicyclic amines) is 1. The maximum atomic E-state index is 12.4. The van der Waals surface area contributed by atoms with Crippen molar-refractivity contribution in [1.82, 2.24) is 10.2 Å². The molecule has 134 valence electrons. The molecule has 0 bridgehead atoms. The van der Waals surface area contributed by atoms with E-state index in [9.17, 15) is 9.59 Å². The SMILES string of the molecule is Cc1ccc(CNC(=O)CC[C@@H]2CCCN(C(=O)c3ccsc3)C2)o1. The Balaban J connectivity index is 1.41. The minimum Gasteiger partial charge on any atom is -0.465 e. The predicted molar refractivity (Wildman–Crippen MR) is 97.5 cm³/mol. The standard InChI is InChI=1S/C19H24N2O3S/c1-14-4-6-17(24-14)11-20-18(22)7-5-15-3-2-9-21(12-15)19(23)16-8-10-25-13-16/h4,6,8,10,13,15H,2-3,5,7,9,11-12H2,1H3,(H,20,22)/t15-/m0/s1. The summed E-state index contributed by atoms with van der Waals surface area (Å²) in [7, 11) is 0. The van der Waals surface area contributed by atoms with Crippen LogP contribution in [0, 0.1) is 12.8 Å². The van der Waals surface area contributed by atoms with Gasteiger partial charge in [0, 0.05) is 24.9 Å². The minimum atomic E-state index is 0.0373. The van der Waals surface area contributed by atoms with E-state index >= 15 is 0 Å². The summed E-state index contributed by atoms with van der Waals surface area (Å²) in [5.41, 5.74) is 0.775. The van der Waals surface area contributed by atoms with E-state index in [2.05, 4.69) is 5.32 Å². The van der Waals surface area contributed by atoms with Gasteiger partial charge in [-0.3, -0.25) is 9.59 Å². The molecule has 0 saturated carbocycles. The van der Waals surface area contributed by atoms with Gasteiger partial charge in [0.25, 0.3) is 5.91 Å². The summed E-state index contributed by atoms with van der Waals surface area (Å²) in [5.74, 6) is 2.17. The highest BCUT2D eigenvalue weighted by molar-refractivity contribution is 7.08. The minimum absolute atomic E-state index is 0.0373. The average Bonchev–Trinajstić information content (AvgIpc) is 3.29. The maximum absolute atomic E-state index is 12.4. The third-order valence-electron chi connectivity index (χ3n) is 4.61. The molecule has 0 spiro atoms. The van der Waals surface area contributed by atoms with Crippen LogP contribution in [0.1, 0.15) is 47.6 Å². The van der Waals surface area contributed by atoms with Gasteiger partial charge in [-0.05, 0) is 55.7 Å². The van der Waals surface area contributed by atoms with Gasteiger partial charge in [-0.15, -0.1) is 0 Å². The number of nitrogens with one attached hydrogen (secondary N) is 1. The van der Waals surface area contributed by atoms with E-state index in [0.29, 0.717) is 18.9 Å².